The Hall–Kier alpha value is -2.38. The zero-order valence-electron chi connectivity index (χ0n) is 15.6. The number of rotatable bonds is 2. The number of aliphatic hydroxyl groups excluding tert-OH is 1. The summed E-state index contributed by atoms with van der Waals surface area (Å²) < 4.78 is 22.5. The fourth-order valence-electron chi connectivity index (χ4n) is 3.44. The van der Waals surface area contributed by atoms with E-state index in [0.29, 0.717) is 22.6 Å². The molecule has 7 heteroatoms. The van der Waals surface area contributed by atoms with Crippen LogP contribution in [0.1, 0.15) is 35.3 Å². The van der Waals surface area contributed by atoms with E-state index >= 15 is 0 Å². The van der Waals surface area contributed by atoms with Crippen molar-refractivity contribution in [3.05, 3.63) is 34.1 Å². The first kappa shape index (κ1) is 18.4. The van der Waals surface area contributed by atoms with Crippen LogP contribution in [0.2, 0.25) is 0 Å². The second kappa shape index (κ2) is 6.10. The lowest BCUT2D eigenvalue weighted by atomic mass is 9.79. The van der Waals surface area contributed by atoms with Gasteiger partial charge in [0.2, 0.25) is 0 Å². The molecule has 1 aromatic carbocycles. The molecule has 26 heavy (non-hydrogen) atoms. The molecule has 0 spiro atoms. The highest BCUT2D eigenvalue weighted by atomic mass is 16.6. The number of esters is 1. The van der Waals surface area contributed by atoms with Gasteiger partial charge in [0.1, 0.15) is 28.8 Å². The maximum Gasteiger partial charge on any atom is 0.347 e. The number of Topliss-reactive ketones (excluding diaryl/α,β-unsaturated/α-hetero) is 1. The predicted molar refractivity (Wildman–Crippen MR) is 91.4 cm³/mol. The molecule has 0 saturated carbocycles. The van der Waals surface area contributed by atoms with Gasteiger partial charge < -0.3 is 24.1 Å². The van der Waals surface area contributed by atoms with E-state index in [9.17, 15) is 14.7 Å². The summed E-state index contributed by atoms with van der Waals surface area (Å²) in [4.78, 5) is 25.2. The monoisotopic (exact) mass is 362 g/mol. The molecule has 1 aliphatic carbocycles. The average molecular weight is 362 g/mol. The fraction of sp³-hybridized carbons (Fsp3) is 0.474. The molecule has 0 radical (unpaired) electrons. The normalized spacial score (nSPS) is 28.0. The molecule has 2 aliphatic rings. The minimum Gasteiger partial charge on any atom is -0.496 e. The van der Waals surface area contributed by atoms with Crippen molar-refractivity contribution >= 4 is 11.8 Å². The number of hydrogen-bond acceptors (Lipinski definition) is 7. The molecule has 3 atom stereocenters. The molecule has 140 valence electrons. The van der Waals surface area contributed by atoms with Crippen molar-refractivity contribution in [3.63, 3.8) is 0 Å². The lowest BCUT2D eigenvalue weighted by molar-refractivity contribution is -0.166. The number of ketones is 1. The molecule has 3 rings (SSSR count). The number of fused-ring (bicyclic) bond motifs is 2. The SMILES string of the molecule is COc1cc(C)c2c(c1C)O[C@H]1C(=C(C)C(=O)[C@@H](O)[C@]1(C)OC)OC2=O. The average Bonchev–Trinajstić information content (AvgIpc) is 2.78. The molecule has 7 nitrogen and oxygen atoms in total. The number of ether oxygens (including phenoxy) is 4. The van der Waals surface area contributed by atoms with Crippen molar-refractivity contribution in [3.8, 4) is 11.5 Å². The Bertz CT molecular complexity index is 839. The molecule has 0 aromatic heterocycles. The van der Waals surface area contributed by atoms with E-state index in [2.05, 4.69) is 0 Å². The van der Waals surface area contributed by atoms with Gasteiger partial charge in [-0.05, 0) is 39.3 Å². The topological polar surface area (TPSA) is 91.3 Å². The molecular formula is C19H22O7. The van der Waals surface area contributed by atoms with E-state index in [1.54, 1.807) is 26.8 Å². The zero-order valence-corrected chi connectivity index (χ0v) is 15.6. The molecule has 0 saturated heterocycles. The number of hydrogen-bond donors (Lipinski definition) is 1. The van der Waals surface area contributed by atoms with Crippen LogP contribution in [0, 0.1) is 13.8 Å². The maximum absolute atomic E-state index is 12.8. The Morgan fingerprint density at radius 3 is 2.42 bits per heavy atom. The van der Waals surface area contributed by atoms with Crippen molar-refractivity contribution in [2.24, 2.45) is 0 Å². The summed E-state index contributed by atoms with van der Waals surface area (Å²) in [6.07, 6.45) is -2.43. The van der Waals surface area contributed by atoms with Gasteiger partial charge in [-0.1, -0.05) is 0 Å². The van der Waals surface area contributed by atoms with E-state index in [1.807, 2.05) is 0 Å². The van der Waals surface area contributed by atoms with Crippen LogP contribution in [0.3, 0.4) is 0 Å². The Morgan fingerprint density at radius 2 is 1.85 bits per heavy atom. The second-order valence-electron chi connectivity index (χ2n) is 6.76. The molecule has 1 aliphatic heterocycles. The van der Waals surface area contributed by atoms with Crippen LogP contribution < -0.4 is 9.47 Å². The zero-order chi connectivity index (χ0) is 19.4. The molecule has 0 fully saturated rings. The van der Waals surface area contributed by atoms with E-state index in [0.717, 1.165) is 0 Å². The summed E-state index contributed by atoms with van der Waals surface area (Å²) in [7, 11) is 2.90. The van der Waals surface area contributed by atoms with Crippen LogP contribution in [0.4, 0.5) is 0 Å². The molecule has 0 bridgehead atoms. The first-order valence-corrected chi connectivity index (χ1v) is 8.22. The van der Waals surface area contributed by atoms with Crippen molar-refractivity contribution in [1.82, 2.24) is 0 Å². The van der Waals surface area contributed by atoms with Gasteiger partial charge in [0.25, 0.3) is 0 Å². The first-order chi connectivity index (χ1) is 12.2. The lowest BCUT2D eigenvalue weighted by Gasteiger charge is -2.42. The molecular weight excluding hydrogens is 340 g/mol. The van der Waals surface area contributed by atoms with Crippen molar-refractivity contribution < 1.29 is 33.6 Å². The lowest BCUT2D eigenvalue weighted by Crippen LogP contribution is -2.60. The van der Waals surface area contributed by atoms with Crippen molar-refractivity contribution in [2.45, 2.75) is 45.5 Å². The molecule has 1 aromatic rings. The highest BCUT2D eigenvalue weighted by Gasteiger charge is 2.56. The summed E-state index contributed by atoms with van der Waals surface area (Å²) in [5.41, 5.74) is 0.222. The van der Waals surface area contributed by atoms with Gasteiger partial charge >= 0.3 is 5.97 Å². The third-order valence-electron chi connectivity index (χ3n) is 5.27. The Kier molecular flexibility index (Phi) is 4.32. The number of benzene rings is 1. The molecule has 0 amide bonds. The minimum absolute atomic E-state index is 0.0589. The summed E-state index contributed by atoms with van der Waals surface area (Å²) in [6, 6.07) is 1.73. The number of carbonyl (C=O) groups is 2. The Labute approximate surface area is 151 Å². The number of aliphatic hydroxyl groups is 1. The van der Waals surface area contributed by atoms with Crippen LogP contribution in [-0.4, -0.2) is 48.9 Å². The summed E-state index contributed by atoms with van der Waals surface area (Å²) in [5.74, 6) is -0.269. The predicted octanol–water partition coefficient (Wildman–Crippen LogP) is 1.85. The molecule has 0 unspecified atom stereocenters. The van der Waals surface area contributed by atoms with Crippen molar-refractivity contribution in [1.29, 1.82) is 0 Å². The van der Waals surface area contributed by atoms with Gasteiger partial charge in [0.15, 0.2) is 17.6 Å². The van der Waals surface area contributed by atoms with Gasteiger partial charge in [-0.2, -0.15) is 0 Å². The van der Waals surface area contributed by atoms with Crippen molar-refractivity contribution in [2.75, 3.05) is 14.2 Å². The third kappa shape index (κ3) is 2.34. The smallest absolute Gasteiger partial charge is 0.347 e. The van der Waals surface area contributed by atoms with Crippen LogP contribution in [-0.2, 0) is 14.3 Å². The number of carbonyl (C=O) groups excluding carboxylic acids is 2. The van der Waals surface area contributed by atoms with Crippen LogP contribution in [0.25, 0.3) is 0 Å². The summed E-state index contributed by atoms with van der Waals surface area (Å²) >= 11 is 0. The van der Waals surface area contributed by atoms with E-state index < -0.39 is 29.6 Å². The number of aryl methyl sites for hydroxylation is 1. The van der Waals surface area contributed by atoms with Gasteiger partial charge in [-0.15, -0.1) is 0 Å². The van der Waals surface area contributed by atoms with Crippen LogP contribution in [0.15, 0.2) is 17.4 Å². The standard InChI is InChI=1S/C19H22O7/c1-8-7-11(23-5)9(2)14-12(8)18(22)26-15-10(3)13(20)16(21)19(4,24-6)17(15)25-14/h7,16-17,21H,1-6H3/t16-,17+,19+/m1/s1. The summed E-state index contributed by atoms with van der Waals surface area (Å²) in [6.45, 7) is 6.56. The van der Waals surface area contributed by atoms with E-state index in [1.165, 1.54) is 21.1 Å². The van der Waals surface area contributed by atoms with E-state index in [4.69, 9.17) is 18.9 Å². The largest absolute Gasteiger partial charge is 0.496 e. The highest BCUT2D eigenvalue weighted by Crippen LogP contribution is 2.44. The Balaban J connectivity index is 2.29. The summed E-state index contributed by atoms with van der Waals surface area (Å²) in [5, 5.41) is 10.5. The number of methoxy groups -OCH3 is 2. The van der Waals surface area contributed by atoms with Gasteiger partial charge in [0.05, 0.1) is 7.11 Å². The minimum atomic E-state index is -1.45. The molecule has 1 heterocycles. The van der Waals surface area contributed by atoms with Gasteiger partial charge in [0, 0.05) is 18.2 Å². The first-order valence-electron chi connectivity index (χ1n) is 8.22. The Morgan fingerprint density at radius 1 is 1.19 bits per heavy atom. The fourth-order valence-corrected chi connectivity index (χ4v) is 3.44. The van der Waals surface area contributed by atoms with Crippen LogP contribution >= 0.6 is 0 Å². The highest BCUT2D eigenvalue weighted by molar-refractivity contribution is 6.03. The molecule has 1 N–H and O–H groups in total. The van der Waals surface area contributed by atoms with Gasteiger partial charge in [-0.25, -0.2) is 4.79 Å². The van der Waals surface area contributed by atoms with Gasteiger partial charge in [-0.3, -0.25) is 4.79 Å². The maximum atomic E-state index is 12.8. The van der Waals surface area contributed by atoms with E-state index in [-0.39, 0.29) is 16.9 Å². The quantitative estimate of drug-likeness (QED) is 0.803. The third-order valence-corrected chi connectivity index (χ3v) is 5.27. The second-order valence-corrected chi connectivity index (χ2v) is 6.76. The van der Waals surface area contributed by atoms with Crippen LogP contribution in [0.5, 0.6) is 11.5 Å².